The van der Waals surface area contributed by atoms with E-state index in [1.807, 2.05) is 12.1 Å². The van der Waals surface area contributed by atoms with E-state index in [4.69, 9.17) is 9.47 Å². The number of methoxy groups -OCH3 is 1. The van der Waals surface area contributed by atoms with Gasteiger partial charge in [0.15, 0.2) is 0 Å². The van der Waals surface area contributed by atoms with E-state index < -0.39 is 0 Å². The SMILES string of the molecule is COc1ccc(N(C)CC2CNCCO2)cc1. The molecule has 0 spiro atoms. The van der Waals surface area contributed by atoms with Gasteiger partial charge in [0.2, 0.25) is 0 Å². The molecule has 1 aromatic carbocycles. The molecule has 0 saturated carbocycles. The van der Waals surface area contributed by atoms with Gasteiger partial charge in [0.05, 0.1) is 19.8 Å². The molecule has 17 heavy (non-hydrogen) atoms. The largest absolute Gasteiger partial charge is 0.497 e. The zero-order chi connectivity index (χ0) is 12.1. The second-order valence-corrected chi connectivity index (χ2v) is 4.28. The van der Waals surface area contributed by atoms with Crippen LogP contribution in [0.1, 0.15) is 0 Å². The molecule has 1 heterocycles. The predicted molar refractivity (Wildman–Crippen MR) is 68.9 cm³/mol. The first-order chi connectivity index (χ1) is 8.29. The van der Waals surface area contributed by atoms with E-state index in [1.165, 1.54) is 5.69 Å². The average Bonchev–Trinajstić information content (AvgIpc) is 2.40. The number of benzene rings is 1. The van der Waals surface area contributed by atoms with E-state index in [0.29, 0.717) is 0 Å². The molecular weight excluding hydrogens is 216 g/mol. The van der Waals surface area contributed by atoms with Gasteiger partial charge in [-0.05, 0) is 24.3 Å². The Morgan fingerprint density at radius 1 is 1.41 bits per heavy atom. The second-order valence-electron chi connectivity index (χ2n) is 4.28. The van der Waals surface area contributed by atoms with Crippen molar-refractivity contribution in [1.82, 2.24) is 5.32 Å². The van der Waals surface area contributed by atoms with Gasteiger partial charge >= 0.3 is 0 Å². The molecule has 0 aromatic heterocycles. The maximum Gasteiger partial charge on any atom is 0.119 e. The highest BCUT2D eigenvalue weighted by Gasteiger charge is 2.15. The highest BCUT2D eigenvalue weighted by molar-refractivity contribution is 5.48. The molecule has 4 nitrogen and oxygen atoms in total. The molecule has 1 aliphatic rings. The minimum Gasteiger partial charge on any atom is -0.497 e. The number of hydrogen-bond donors (Lipinski definition) is 1. The number of anilines is 1. The van der Waals surface area contributed by atoms with Crippen molar-refractivity contribution in [2.24, 2.45) is 0 Å². The summed E-state index contributed by atoms with van der Waals surface area (Å²) in [6, 6.07) is 8.09. The van der Waals surface area contributed by atoms with E-state index in [9.17, 15) is 0 Å². The van der Waals surface area contributed by atoms with E-state index in [1.54, 1.807) is 7.11 Å². The zero-order valence-electron chi connectivity index (χ0n) is 10.5. The van der Waals surface area contributed by atoms with Crippen molar-refractivity contribution in [3.63, 3.8) is 0 Å². The zero-order valence-corrected chi connectivity index (χ0v) is 10.5. The molecule has 0 aliphatic carbocycles. The third-order valence-corrected chi connectivity index (χ3v) is 3.00. The van der Waals surface area contributed by atoms with Gasteiger partial charge in [-0.1, -0.05) is 0 Å². The summed E-state index contributed by atoms with van der Waals surface area (Å²) >= 11 is 0. The maximum atomic E-state index is 5.69. The van der Waals surface area contributed by atoms with Crippen LogP contribution in [0.3, 0.4) is 0 Å². The summed E-state index contributed by atoms with van der Waals surface area (Å²) < 4.78 is 10.8. The molecule has 0 radical (unpaired) electrons. The van der Waals surface area contributed by atoms with Crippen LogP contribution in [-0.4, -0.2) is 46.5 Å². The van der Waals surface area contributed by atoms with Gasteiger partial charge in [0.25, 0.3) is 0 Å². The van der Waals surface area contributed by atoms with Gasteiger partial charge in [-0.15, -0.1) is 0 Å². The smallest absolute Gasteiger partial charge is 0.119 e. The minimum atomic E-state index is 0.274. The van der Waals surface area contributed by atoms with Crippen LogP contribution in [0.5, 0.6) is 5.75 Å². The molecule has 0 amide bonds. The Morgan fingerprint density at radius 2 is 2.18 bits per heavy atom. The Morgan fingerprint density at radius 3 is 2.76 bits per heavy atom. The number of nitrogens with one attached hydrogen (secondary N) is 1. The molecule has 1 aromatic rings. The van der Waals surface area contributed by atoms with Crippen molar-refractivity contribution in [3.05, 3.63) is 24.3 Å². The van der Waals surface area contributed by atoms with Gasteiger partial charge in [-0.25, -0.2) is 0 Å². The molecule has 0 bridgehead atoms. The van der Waals surface area contributed by atoms with Crippen molar-refractivity contribution in [2.45, 2.75) is 6.10 Å². The summed E-state index contributed by atoms with van der Waals surface area (Å²) in [5.74, 6) is 0.887. The molecule has 1 unspecified atom stereocenters. The molecular formula is C13H20N2O2. The van der Waals surface area contributed by atoms with Crippen LogP contribution in [-0.2, 0) is 4.74 Å². The van der Waals surface area contributed by atoms with Crippen LogP contribution in [0.15, 0.2) is 24.3 Å². The van der Waals surface area contributed by atoms with Gasteiger partial charge in [0, 0.05) is 32.4 Å². The van der Waals surface area contributed by atoms with E-state index in [-0.39, 0.29) is 6.10 Å². The van der Waals surface area contributed by atoms with Crippen LogP contribution in [0.2, 0.25) is 0 Å². The molecule has 1 fully saturated rings. The summed E-state index contributed by atoms with van der Waals surface area (Å²) in [6.45, 7) is 3.60. The maximum absolute atomic E-state index is 5.69. The summed E-state index contributed by atoms with van der Waals surface area (Å²) in [7, 11) is 3.76. The van der Waals surface area contributed by atoms with Crippen molar-refractivity contribution in [3.8, 4) is 5.75 Å². The number of nitrogens with zero attached hydrogens (tertiary/aromatic N) is 1. The third kappa shape index (κ3) is 3.35. The number of ether oxygens (including phenoxy) is 2. The average molecular weight is 236 g/mol. The standard InChI is InChI=1S/C13H20N2O2/c1-15(10-13-9-14-7-8-17-13)11-3-5-12(16-2)6-4-11/h3-6,13-14H,7-10H2,1-2H3. The molecule has 94 valence electrons. The molecule has 1 atom stereocenters. The summed E-state index contributed by atoms with van der Waals surface area (Å²) in [6.07, 6.45) is 0.274. The predicted octanol–water partition coefficient (Wildman–Crippen LogP) is 1.12. The number of morpholine rings is 1. The minimum absolute atomic E-state index is 0.274. The molecule has 4 heteroatoms. The molecule has 1 saturated heterocycles. The molecule has 1 aliphatic heterocycles. The van der Waals surface area contributed by atoms with Gasteiger partial charge in [-0.3, -0.25) is 0 Å². The quantitative estimate of drug-likeness (QED) is 0.849. The highest BCUT2D eigenvalue weighted by atomic mass is 16.5. The Hall–Kier alpha value is -1.26. The Bertz CT molecular complexity index is 334. The number of rotatable bonds is 4. The first kappa shape index (κ1) is 12.2. The monoisotopic (exact) mass is 236 g/mol. The lowest BCUT2D eigenvalue weighted by molar-refractivity contribution is 0.0340. The Balaban J connectivity index is 1.91. The number of hydrogen-bond acceptors (Lipinski definition) is 4. The molecule has 2 rings (SSSR count). The Labute approximate surface area is 103 Å². The third-order valence-electron chi connectivity index (χ3n) is 3.00. The van der Waals surface area contributed by atoms with Crippen LogP contribution < -0.4 is 15.0 Å². The lowest BCUT2D eigenvalue weighted by Gasteiger charge is -2.29. The fourth-order valence-electron chi connectivity index (χ4n) is 1.98. The summed E-state index contributed by atoms with van der Waals surface area (Å²) in [4.78, 5) is 2.21. The van der Waals surface area contributed by atoms with E-state index in [0.717, 1.165) is 32.0 Å². The summed E-state index contributed by atoms with van der Waals surface area (Å²) in [5.41, 5.74) is 1.18. The lowest BCUT2D eigenvalue weighted by Crippen LogP contribution is -2.44. The summed E-state index contributed by atoms with van der Waals surface area (Å²) in [5, 5.41) is 3.34. The van der Waals surface area contributed by atoms with Gasteiger partial charge < -0.3 is 19.7 Å². The fraction of sp³-hybridized carbons (Fsp3) is 0.538. The number of likely N-dealkylation sites (N-methyl/N-ethyl adjacent to an activating group) is 1. The second kappa shape index (κ2) is 5.89. The molecule has 1 N–H and O–H groups in total. The van der Waals surface area contributed by atoms with Crippen molar-refractivity contribution < 1.29 is 9.47 Å². The van der Waals surface area contributed by atoms with Crippen LogP contribution >= 0.6 is 0 Å². The fourth-order valence-corrected chi connectivity index (χ4v) is 1.98. The Kier molecular flexibility index (Phi) is 4.23. The van der Waals surface area contributed by atoms with Crippen molar-refractivity contribution in [2.75, 3.05) is 45.3 Å². The highest BCUT2D eigenvalue weighted by Crippen LogP contribution is 2.18. The van der Waals surface area contributed by atoms with Crippen molar-refractivity contribution in [1.29, 1.82) is 0 Å². The van der Waals surface area contributed by atoms with E-state index >= 15 is 0 Å². The topological polar surface area (TPSA) is 33.7 Å². The van der Waals surface area contributed by atoms with Gasteiger partial charge in [-0.2, -0.15) is 0 Å². The van der Waals surface area contributed by atoms with Crippen molar-refractivity contribution >= 4 is 5.69 Å². The van der Waals surface area contributed by atoms with Crippen LogP contribution in [0, 0.1) is 0 Å². The van der Waals surface area contributed by atoms with Crippen LogP contribution in [0.25, 0.3) is 0 Å². The van der Waals surface area contributed by atoms with E-state index in [2.05, 4.69) is 29.4 Å². The first-order valence-electron chi connectivity index (χ1n) is 5.97. The van der Waals surface area contributed by atoms with Gasteiger partial charge in [0.1, 0.15) is 5.75 Å². The lowest BCUT2D eigenvalue weighted by atomic mass is 10.2. The van der Waals surface area contributed by atoms with Crippen LogP contribution in [0.4, 0.5) is 5.69 Å². The normalized spacial score (nSPS) is 20.0. The first-order valence-corrected chi connectivity index (χ1v) is 5.97.